The molecule has 0 radical (unpaired) electrons. The molecule has 0 spiro atoms. The molecule has 35 heavy (non-hydrogen) atoms. The molecule has 0 bridgehead atoms. The molecule has 2 aromatic heterocycles. The summed E-state index contributed by atoms with van der Waals surface area (Å²) in [7, 11) is -4.94. The molecule has 0 amide bonds. The number of aromatic nitrogens is 3. The van der Waals surface area contributed by atoms with Crippen molar-refractivity contribution in [2.45, 2.75) is 18.8 Å². The fraction of sp³-hybridized carbons (Fsp3) is 0.130. The molecular weight excluding hydrogens is 483 g/mol. The molecule has 0 aliphatic rings. The molecular formula is C23H20F3N5O3S. The highest BCUT2D eigenvalue weighted by atomic mass is 32.2. The Hall–Kier alpha value is -4.06. The second-order valence-corrected chi connectivity index (χ2v) is 9.09. The first-order valence-corrected chi connectivity index (χ1v) is 11.9. The Labute approximate surface area is 199 Å². The maximum Gasteiger partial charge on any atom is 0.355 e. The highest BCUT2D eigenvalue weighted by Gasteiger charge is 2.26. The van der Waals surface area contributed by atoms with Gasteiger partial charge in [-0.1, -0.05) is 24.3 Å². The summed E-state index contributed by atoms with van der Waals surface area (Å²) in [5.74, 6) is -3.00. The number of sulfonamides is 1. The first-order valence-electron chi connectivity index (χ1n) is 10.3. The lowest BCUT2D eigenvalue weighted by molar-refractivity contribution is 0.228. The number of anilines is 3. The lowest BCUT2D eigenvalue weighted by atomic mass is 10.1. The largest absolute Gasteiger partial charge is 0.484 e. The monoisotopic (exact) mass is 503 g/mol. The molecule has 4 rings (SSSR count). The maximum absolute atomic E-state index is 13.3. The third kappa shape index (κ3) is 5.90. The summed E-state index contributed by atoms with van der Waals surface area (Å²) in [6, 6.07) is 16.9. The molecule has 4 aromatic rings. The summed E-state index contributed by atoms with van der Waals surface area (Å²) in [6.07, 6.45) is 0.977. The molecule has 0 fully saturated rings. The minimum Gasteiger partial charge on any atom is -0.484 e. The number of halogens is 3. The van der Waals surface area contributed by atoms with Crippen molar-refractivity contribution in [3.8, 4) is 17.0 Å². The number of hydrogen-bond acceptors (Lipinski definition) is 6. The Morgan fingerprint density at radius 2 is 1.77 bits per heavy atom. The summed E-state index contributed by atoms with van der Waals surface area (Å²) in [6.45, 7) is 1.66. The van der Waals surface area contributed by atoms with Gasteiger partial charge in [-0.2, -0.15) is 13.9 Å². The molecule has 182 valence electrons. The van der Waals surface area contributed by atoms with E-state index in [2.05, 4.69) is 20.5 Å². The number of pyridine rings is 1. The van der Waals surface area contributed by atoms with E-state index in [9.17, 15) is 21.6 Å². The smallest absolute Gasteiger partial charge is 0.355 e. The SMILES string of the molecule is C[C@H](Oc1cc(-c2cc(Nc3ccccn3)n[nH]2)ccc1NS(=O)(=O)C(F)F)c1ccc(F)cc1. The van der Waals surface area contributed by atoms with E-state index in [1.54, 1.807) is 31.3 Å². The van der Waals surface area contributed by atoms with Crippen LogP contribution in [0.2, 0.25) is 0 Å². The number of hydrogen-bond donors (Lipinski definition) is 3. The lowest BCUT2D eigenvalue weighted by Crippen LogP contribution is -2.21. The van der Waals surface area contributed by atoms with Crippen LogP contribution in [0, 0.1) is 5.82 Å². The zero-order valence-corrected chi connectivity index (χ0v) is 19.1. The maximum atomic E-state index is 13.3. The number of benzene rings is 2. The third-order valence-corrected chi connectivity index (χ3v) is 5.90. The van der Waals surface area contributed by atoms with Crippen LogP contribution in [0.3, 0.4) is 0 Å². The first-order chi connectivity index (χ1) is 16.7. The topological polar surface area (TPSA) is 109 Å². The van der Waals surface area contributed by atoms with E-state index in [1.165, 1.54) is 42.5 Å². The number of aromatic amines is 1. The lowest BCUT2D eigenvalue weighted by Gasteiger charge is -2.19. The summed E-state index contributed by atoms with van der Waals surface area (Å²) >= 11 is 0. The zero-order valence-electron chi connectivity index (χ0n) is 18.2. The van der Waals surface area contributed by atoms with Crippen LogP contribution in [0.25, 0.3) is 11.3 Å². The number of rotatable bonds is 9. The van der Waals surface area contributed by atoms with Gasteiger partial charge in [-0.05, 0) is 48.9 Å². The van der Waals surface area contributed by atoms with Crippen molar-refractivity contribution >= 4 is 27.3 Å². The van der Waals surface area contributed by atoms with E-state index in [1.807, 2.05) is 10.8 Å². The van der Waals surface area contributed by atoms with Gasteiger partial charge in [0.15, 0.2) is 5.82 Å². The van der Waals surface area contributed by atoms with E-state index in [0.29, 0.717) is 28.5 Å². The minimum absolute atomic E-state index is 0.00242. The van der Waals surface area contributed by atoms with Gasteiger partial charge in [-0.3, -0.25) is 9.82 Å². The second kappa shape index (κ2) is 10.1. The van der Waals surface area contributed by atoms with Crippen LogP contribution in [0.15, 0.2) is 72.9 Å². The van der Waals surface area contributed by atoms with Crippen LogP contribution in [0.4, 0.5) is 30.5 Å². The van der Waals surface area contributed by atoms with Crippen molar-refractivity contribution in [2.24, 2.45) is 0 Å². The van der Waals surface area contributed by atoms with Crippen LogP contribution in [0.5, 0.6) is 5.75 Å². The van der Waals surface area contributed by atoms with Crippen molar-refractivity contribution in [1.82, 2.24) is 15.2 Å². The molecule has 2 heterocycles. The van der Waals surface area contributed by atoms with Gasteiger partial charge in [0.1, 0.15) is 23.5 Å². The third-order valence-electron chi connectivity index (χ3n) is 4.92. The van der Waals surface area contributed by atoms with Crippen molar-refractivity contribution in [3.63, 3.8) is 0 Å². The van der Waals surface area contributed by atoms with Crippen LogP contribution >= 0.6 is 0 Å². The average Bonchev–Trinajstić information content (AvgIpc) is 3.29. The number of H-pyrrole nitrogens is 1. The summed E-state index contributed by atoms with van der Waals surface area (Å²) in [4.78, 5) is 4.16. The van der Waals surface area contributed by atoms with E-state index in [-0.39, 0.29) is 11.4 Å². The van der Waals surface area contributed by atoms with E-state index < -0.39 is 27.7 Å². The van der Waals surface area contributed by atoms with E-state index in [0.717, 1.165) is 0 Å². The molecule has 0 aliphatic heterocycles. The fourth-order valence-electron chi connectivity index (χ4n) is 3.16. The summed E-state index contributed by atoms with van der Waals surface area (Å²) < 4.78 is 70.6. The quantitative estimate of drug-likeness (QED) is 0.280. The highest BCUT2D eigenvalue weighted by Crippen LogP contribution is 2.35. The number of nitrogens with one attached hydrogen (secondary N) is 3. The molecule has 2 aromatic carbocycles. The van der Waals surface area contributed by atoms with Crippen LogP contribution in [-0.2, 0) is 10.0 Å². The Bertz CT molecular complexity index is 1400. The first kappa shape index (κ1) is 24.1. The van der Waals surface area contributed by atoms with Gasteiger partial charge < -0.3 is 10.1 Å². The second-order valence-electron chi connectivity index (χ2n) is 7.44. The molecule has 3 N–H and O–H groups in total. The van der Waals surface area contributed by atoms with Gasteiger partial charge in [0.2, 0.25) is 0 Å². The Balaban J connectivity index is 1.65. The minimum atomic E-state index is -4.94. The molecule has 0 unspecified atom stereocenters. The van der Waals surface area contributed by atoms with Gasteiger partial charge >= 0.3 is 5.76 Å². The average molecular weight is 504 g/mol. The molecule has 0 aliphatic carbocycles. The normalized spacial score (nSPS) is 12.4. The van der Waals surface area contributed by atoms with Crippen LogP contribution < -0.4 is 14.8 Å². The molecule has 12 heteroatoms. The number of alkyl halides is 2. The van der Waals surface area contributed by atoms with Crippen molar-refractivity contribution in [3.05, 3.63) is 84.3 Å². The van der Waals surface area contributed by atoms with Crippen LogP contribution in [0.1, 0.15) is 18.6 Å². The van der Waals surface area contributed by atoms with Gasteiger partial charge in [-0.25, -0.2) is 17.8 Å². The highest BCUT2D eigenvalue weighted by molar-refractivity contribution is 7.93. The Morgan fingerprint density at radius 3 is 2.46 bits per heavy atom. The summed E-state index contributed by atoms with van der Waals surface area (Å²) in [5.41, 5.74) is 1.52. The van der Waals surface area contributed by atoms with Gasteiger partial charge in [0, 0.05) is 17.8 Å². The van der Waals surface area contributed by atoms with Crippen molar-refractivity contribution in [1.29, 1.82) is 0 Å². The number of nitrogens with zero attached hydrogens (tertiary/aromatic N) is 2. The van der Waals surface area contributed by atoms with Crippen LogP contribution in [-0.4, -0.2) is 29.4 Å². The Morgan fingerprint density at radius 1 is 1.00 bits per heavy atom. The number of ether oxygens (including phenoxy) is 1. The predicted octanol–water partition coefficient (Wildman–Crippen LogP) is 5.46. The van der Waals surface area contributed by atoms with E-state index in [4.69, 9.17) is 4.74 Å². The summed E-state index contributed by atoms with van der Waals surface area (Å²) in [5, 5.41) is 10.1. The molecule has 0 saturated heterocycles. The van der Waals surface area contributed by atoms with E-state index >= 15 is 0 Å². The van der Waals surface area contributed by atoms with Crippen molar-refractivity contribution < 1.29 is 26.3 Å². The van der Waals surface area contributed by atoms with Gasteiger partial charge in [-0.15, -0.1) is 0 Å². The van der Waals surface area contributed by atoms with Gasteiger partial charge in [0.05, 0.1) is 11.4 Å². The van der Waals surface area contributed by atoms with Gasteiger partial charge in [0.25, 0.3) is 10.0 Å². The fourth-order valence-corrected chi connectivity index (χ4v) is 3.73. The molecule has 0 saturated carbocycles. The molecule has 1 atom stereocenters. The standard InChI is InChI=1S/C23H20F3N5O3S/c1-14(15-5-8-17(24)9-6-15)34-20-12-16(7-10-18(20)31-35(32,33)23(25)26)19-13-22(30-29-19)28-21-4-2-3-11-27-21/h2-14,23,31H,1H3,(H2,27,28,29,30)/t14-/m0/s1. The van der Waals surface area contributed by atoms with Crippen molar-refractivity contribution in [2.75, 3.05) is 10.0 Å². The zero-order chi connectivity index (χ0) is 25.0. The Kier molecular flexibility index (Phi) is 6.92. The predicted molar refractivity (Wildman–Crippen MR) is 126 cm³/mol. The molecule has 8 nitrogen and oxygen atoms in total.